The van der Waals surface area contributed by atoms with Crippen molar-refractivity contribution in [1.82, 2.24) is 14.5 Å². The molecule has 1 N–H and O–H groups in total. The second kappa shape index (κ2) is 6.41. The summed E-state index contributed by atoms with van der Waals surface area (Å²) in [5, 5.41) is 2.66. The summed E-state index contributed by atoms with van der Waals surface area (Å²) in [6.07, 6.45) is 3.22. The molecule has 0 aliphatic carbocycles. The van der Waals surface area contributed by atoms with E-state index in [0.717, 1.165) is 0 Å². The Kier molecular flexibility index (Phi) is 4.33. The number of nitrogens with zero attached hydrogens (tertiary/aromatic N) is 3. The molecule has 0 spiro atoms. The number of halogens is 1. The average molecular weight is 334 g/mol. The summed E-state index contributed by atoms with van der Waals surface area (Å²) >= 11 is 1.50. The van der Waals surface area contributed by atoms with Gasteiger partial charge in [0.15, 0.2) is 5.82 Å². The van der Waals surface area contributed by atoms with Crippen molar-refractivity contribution < 1.29 is 14.0 Å². The van der Waals surface area contributed by atoms with E-state index in [-0.39, 0.29) is 17.6 Å². The number of rotatable bonds is 3. The molecule has 0 bridgehead atoms. The largest absolute Gasteiger partial charge is 0.330 e. The molecule has 0 radical (unpaired) electrons. The van der Waals surface area contributed by atoms with E-state index in [0.29, 0.717) is 17.3 Å². The summed E-state index contributed by atoms with van der Waals surface area (Å²) in [6.45, 7) is 0. The molecule has 1 atom stereocenters. The zero-order chi connectivity index (χ0) is 16.4. The number of aromatic nitrogens is 2. The molecule has 2 heterocycles. The van der Waals surface area contributed by atoms with Crippen LogP contribution in [0.25, 0.3) is 0 Å². The number of anilines is 1. The molecule has 3 rings (SSSR count). The van der Waals surface area contributed by atoms with Gasteiger partial charge < -0.3 is 14.8 Å². The van der Waals surface area contributed by atoms with Crippen LogP contribution in [0.4, 0.5) is 10.1 Å². The average Bonchev–Trinajstić information content (AvgIpc) is 3.15. The van der Waals surface area contributed by atoms with E-state index in [1.807, 2.05) is 0 Å². The van der Waals surface area contributed by atoms with E-state index in [2.05, 4.69) is 10.3 Å². The van der Waals surface area contributed by atoms with E-state index in [1.165, 1.54) is 41.1 Å². The first-order valence-corrected chi connectivity index (χ1v) is 8.14. The predicted molar refractivity (Wildman–Crippen MR) is 85.5 cm³/mol. The van der Waals surface area contributed by atoms with Crippen LogP contribution in [0.1, 0.15) is 10.6 Å². The molecular weight excluding hydrogens is 319 g/mol. The Morgan fingerprint density at radius 3 is 2.96 bits per heavy atom. The lowest BCUT2D eigenvalue weighted by Gasteiger charge is -2.22. The van der Waals surface area contributed by atoms with Gasteiger partial charge in [-0.25, -0.2) is 9.37 Å². The first kappa shape index (κ1) is 15.5. The Balaban J connectivity index is 1.75. The van der Waals surface area contributed by atoms with E-state index in [4.69, 9.17) is 0 Å². The number of carbonyl (C=O) groups is 2. The lowest BCUT2D eigenvalue weighted by atomic mass is 10.2. The monoisotopic (exact) mass is 334 g/mol. The summed E-state index contributed by atoms with van der Waals surface area (Å²) < 4.78 is 14.8. The Morgan fingerprint density at radius 2 is 2.26 bits per heavy atom. The van der Waals surface area contributed by atoms with Crippen molar-refractivity contribution in [1.29, 1.82) is 0 Å². The van der Waals surface area contributed by atoms with Crippen molar-refractivity contribution in [2.75, 3.05) is 16.9 Å². The van der Waals surface area contributed by atoms with Gasteiger partial charge in [-0.05, 0) is 18.2 Å². The summed E-state index contributed by atoms with van der Waals surface area (Å²) in [5.74, 6) is 0.162. The minimum absolute atomic E-state index is 0.288. The van der Waals surface area contributed by atoms with Crippen LogP contribution in [0.5, 0.6) is 0 Å². The summed E-state index contributed by atoms with van der Waals surface area (Å²) in [5.41, 5.74) is 0.372. The van der Waals surface area contributed by atoms with Gasteiger partial charge in [-0.3, -0.25) is 9.59 Å². The smallest absolute Gasteiger partial charge is 0.291 e. The number of nitrogens with one attached hydrogen (secondary N) is 1. The van der Waals surface area contributed by atoms with E-state index in [9.17, 15) is 14.0 Å². The fourth-order valence-electron chi connectivity index (χ4n) is 2.35. The maximum atomic E-state index is 13.2. The second-order valence-electron chi connectivity index (χ2n) is 5.15. The van der Waals surface area contributed by atoms with Crippen molar-refractivity contribution in [3.05, 3.63) is 48.3 Å². The number of hydrogen-bond donors (Lipinski definition) is 1. The van der Waals surface area contributed by atoms with Gasteiger partial charge in [-0.1, -0.05) is 6.07 Å². The third-order valence-electron chi connectivity index (χ3n) is 3.55. The maximum Gasteiger partial charge on any atom is 0.291 e. The molecule has 0 saturated carbocycles. The topological polar surface area (TPSA) is 67.2 Å². The highest BCUT2D eigenvalue weighted by molar-refractivity contribution is 7.99. The highest BCUT2D eigenvalue weighted by Crippen LogP contribution is 2.24. The van der Waals surface area contributed by atoms with Crippen molar-refractivity contribution >= 4 is 29.3 Å². The SMILES string of the molecule is Cn1ccnc1C(=O)N1CSCC1C(=O)Nc1cccc(F)c1. The van der Waals surface area contributed by atoms with Gasteiger partial charge in [0.25, 0.3) is 5.91 Å². The molecule has 120 valence electrons. The van der Waals surface area contributed by atoms with Gasteiger partial charge in [-0.2, -0.15) is 0 Å². The summed E-state index contributed by atoms with van der Waals surface area (Å²) in [7, 11) is 1.73. The Bertz CT molecular complexity index is 749. The van der Waals surface area contributed by atoms with Crippen LogP contribution in [0.3, 0.4) is 0 Å². The Morgan fingerprint density at radius 1 is 1.43 bits per heavy atom. The van der Waals surface area contributed by atoms with E-state index in [1.54, 1.807) is 23.9 Å². The number of carbonyl (C=O) groups excluding carboxylic acids is 2. The fraction of sp³-hybridized carbons (Fsp3) is 0.267. The van der Waals surface area contributed by atoms with E-state index < -0.39 is 11.9 Å². The zero-order valence-electron chi connectivity index (χ0n) is 12.4. The lowest BCUT2D eigenvalue weighted by molar-refractivity contribution is -0.119. The Labute approximate surface area is 136 Å². The van der Waals surface area contributed by atoms with Crippen molar-refractivity contribution in [3.8, 4) is 0 Å². The van der Waals surface area contributed by atoms with E-state index >= 15 is 0 Å². The molecule has 6 nitrogen and oxygen atoms in total. The zero-order valence-corrected chi connectivity index (χ0v) is 13.2. The maximum absolute atomic E-state index is 13.2. The number of imidazole rings is 1. The number of thioether (sulfide) groups is 1. The standard InChI is InChI=1S/C15H15FN4O2S/c1-19-6-5-17-13(19)15(22)20-9-23-8-12(20)14(21)18-11-4-2-3-10(16)7-11/h2-7,12H,8-9H2,1H3,(H,18,21). The van der Waals surface area contributed by atoms with Crippen LogP contribution in [-0.2, 0) is 11.8 Å². The normalized spacial score (nSPS) is 17.3. The summed E-state index contributed by atoms with van der Waals surface area (Å²) in [4.78, 5) is 30.5. The molecular formula is C15H15FN4O2S. The van der Waals surface area contributed by atoms with Gasteiger partial charge in [-0.15, -0.1) is 11.8 Å². The summed E-state index contributed by atoms with van der Waals surface area (Å²) in [6, 6.07) is 5.06. The van der Waals surface area contributed by atoms with Crippen LogP contribution < -0.4 is 5.32 Å². The third-order valence-corrected chi connectivity index (χ3v) is 4.56. The molecule has 1 aromatic heterocycles. The van der Waals surface area contributed by atoms with Gasteiger partial charge in [0.1, 0.15) is 11.9 Å². The second-order valence-corrected chi connectivity index (χ2v) is 6.15. The molecule has 2 aromatic rings. The molecule has 1 aliphatic rings. The molecule has 1 aliphatic heterocycles. The lowest BCUT2D eigenvalue weighted by Crippen LogP contribution is -2.45. The van der Waals surface area contributed by atoms with Crippen LogP contribution in [0.2, 0.25) is 0 Å². The molecule has 8 heteroatoms. The van der Waals surface area contributed by atoms with Crippen LogP contribution in [0, 0.1) is 5.82 Å². The first-order valence-electron chi connectivity index (χ1n) is 6.99. The van der Waals surface area contributed by atoms with Crippen LogP contribution in [-0.4, -0.2) is 43.9 Å². The number of amides is 2. The van der Waals surface area contributed by atoms with Gasteiger partial charge >= 0.3 is 0 Å². The first-order chi connectivity index (χ1) is 11.1. The molecule has 2 amide bonds. The highest BCUT2D eigenvalue weighted by atomic mass is 32.2. The highest BCUT2D eigenvalue weighted by Gasteiger charge is 2.36. The molecule has 1 fully saturated rings. The van der Waals surface area contributed by atoms with Crippen molar-refractivity contribution in [2.45, 2.75) is 6.04 Å². The predicted octanol–water partition coefficient (Wildman–Crippen LogP) is 1.71. The Hall–Kier alpha value is -2.35. The third kappa shape index (κ3) is 3.21. The fourth-order valence-corrected chi connectivity index (χ4v) is 3.51. The minimum atomic E-state index is -0.604. The van der Waals surface area contributed by atoms with Gasteiger partial charge in [0.2, 0.25) is 5.91 Å². The number of hydrogen-bond acceptors (Lipinski definition) is 4. The van der Waals surface area contributed by atoms with Crippen molar-refractivity contribution in [2.24, 2.45) is 7.05 Å². The molecule has 1 aromatic carbocycles. The molecule has 1 saturated heterocycles. The number of aryl methyl sites for hydroxylation is 1. The van der Waals surface area contributed by atoms with Crippen LogP contribution >= 0.6 is 11.8 Å². The minimum Gasteiger partial charge on any atom is -0.330 e. The van der Waals surface area contributed by atoms with Gasteiger partial charge in [0, 0.05) is 30.9 Å². The number of benzene rings is 1. The molecule has 23 heavy (non-hydrogen) atoms. The molecule has 1 unspecified atom stereocenters. The quantitative estimate of drug-likeness (QED) is 0.928. The van der Waals surface area contributed by atoms with Crippen molar-refractivity contribution in [3.63, 3.8) is 0 Å². The van der Waals surface area contributed by atoms with Crippen LogP contribution in [0.15, 0.2) is 36.7 Å². The van der Waals surface area contributed by atoms with Gasteiger partial charge in [0.05, 0.1) is 5.88 Å².